The van der Waals surface area contributed by atoms with Crippen molar-refractivity contribution >= 4 is 64.6 Å². The minimum atomic E-state index is 0.139. The molecule has 0 saturated heterocycles. The van der Waals surface area contributed by atoms with Crippen molar-refractivity contribution in [1.29, 1.82) is 0 Å². The maximum atomic E-state index is 2.43. The van der Waals surface area contributed by atoms with E-state index in [1.807, 2.05) is 0 Å². The Balaban J connectivity index is 1.38. The van der Waals surface area contributed by atoms with E-state index in [1.54, 1.807) is 0 Å². The summed E-state index contributed by atoms with van der Waals surface area (Å²) in [5.74, 6) is 0. The minimum Gasteiger partial charge on any atom is -0.0646 e. The zero-order valence-electron chi connectivity index (χ0n) is 26.0. The fraction of sp³-hybridized carbons (Fsp3) is 0.111. The van der Waals surface area contributed by atoms with Crippen LogP contribution in [0.3, 0.4) is 0 Å². The molecule has 0 spiro atoms. The quantitative estimate of drug-likeness (QED) is 0.145. The summed E-state index contributed by atoms with van der Waals surface area (Å²) in [6.07, 6.45) is 1.11. The highest BCUT2D eigenvalue weighted by Crippen LogP contribution is 2.48. The summed E-state index contributed by atoms with van der Waals surface area (Å²) < 4.78 is 0. The van der Waals surface area contributed by atoms with Crippen LogP contribution in [0.5, 0.6) is 0 Å². The van der Waals surface area contributed by atoms with Gasteiger partial charge in [-0.15, -0.1) is 0 Å². The molecule has 0 N–H and O–H groups in total. The van der Waals surface area contributed by atoms with Crippen molar-refractivity contribution in [3.63, 3.8) is 0 Å². The predicted molar refractivity (Wildman–Crippen MR) is 197 cm³/mol. The van der Waals surface area contributed by atoms with Gasteiger partial charge in [-0.05, 0) is 110 Å². The standard InChI is InChI=1S/C45H34/c1-4-45(2,3)34-26-32-20-18-29-21-23-40(39-24-22-33(27-34)41(32)43(29)39)44-37-15-9-7-13-35(37)42(36-14-8-10-16-38(36)44)31-19-17-28-11-5-6-12-30(28)25-31/h5-27H,4H2,1-3H3. The molecule has 0 fully saturated rings. The van der Waals surface area contributed by atoms with Gasteiger partial charge < -0.3 is 0 Å². The summed E-state index contributed by atoms with van der Waals surface area (Å²) in [7, 11) is 0. The molecule has 0 aliphatic heterocycles. The fourth-order valence-electron chi connectivity index (χ4n) is 7.71. The molecule has 0 atom stereocenters. The smallest absolute Gasteiger partial charge is 0.00201 e. The highest BCUT2D eigenvalue weighted by molar-refractivity contribution is 6.29. The van der Waals surface area contributed by atoms with Crippen molar-refractivity contribution in [2.75, 3.05) is 0 Å². The van der Waals surface area contributed by atoms with Gasteiger partial charge in [-0.3, -0.25) is 0 Å². The molecule has 0 amide bonds. The van der Waals surface area contributed by atoms with Crippen LogP contribution < -0.4 is 0 Å². The molecule has 0 aliphatic carbocycles. The third-order valence-corrected chi connectivity index (χ3v) is 10.5. The molecule has 9 aromatic rings. The Labute approximate surface area is 263 Å². The molecule has 0 aliphatic rings. The van der Waals surface area contributed by atoms with Gasteiger partial charge in [0.15, 0.2) is 0 Å². The topological polar surface area (TPSA) is 0 Å². The second-order valence-electron chi connectivity index (χ2n) is 13.3. The normalized spacial score (nSPS) is 12.4. The Bertz CT molecular complexity index is 2520. The number of rotatable bonds is 4. The number of benzene rings is 9. The molecule has 0 heterocycles. The maximum Gasteiger partial charge on any atom is -0.00201 e. The van der Waals surface area contributed by atoms with Gasteiger partial charge in [0.25, 0.3) is 0 Å². The molecule has 9 aromatic carbocycles. The molecule has 45 heavy (non-hydrogen) atoms. The predicted octanol–water partition coefficient (Wildman–Crippen LogP) is 13.1. The fourth-order valence-corrected chi connectivity index (χ4v) is 7.71. The number of fused-ring (bicyclic) bond motifs is 3. The summed E-state index contributed by atoms with van der Waals surface area (Å²) in [6.45, 7) is 7.00. The zero-order valence-corrected chi connectivity index (χ0v) is 26.0. The van der Waals surface area contributed by atoms with E-state index in [2.05, 4.69) is 160 Å². The largest absolute Gasteiger partial charge is 0.0646 e. The highest BCUT2D eigenvalue weighted by atomic mass is 14.3. The van der Waals surface area contributed by atoms with Gasteiger partial charge in [0.2, 0.25) is 0 Å². The first-order valence-electron chi connectivity index (χ1n) is 16.2. The van der Waals surface area contributed by atoms with Gasteiger partial charge in [-0.25, -0.2) is 0 Å². The molecule has 0 bridgehead atoms. The average molecular weight is 575 g/mol. The lowest BCUT2D eigenvalue weighted by Crippen LogP contribution is -2.15. The van der Waals surface area contributed by atoms with Crippen molar-refractivity contribution in [3.05, 3.63) is 145 Å². The van der Waals surface area contributed by atoms with Gasteiger partial charge >= 0.3 is 0 Å². The average Bonchev–Trinajstić information content (AvgIpc) is 3.09. The molecule has 0 unspecified atom stereocenters. The lowest BCUT2D eigenvalue weighted by molar-refractivity contribution is 0.507. The number of hydrogen-bond acceptors (Lipinski definition) is 0. The molecule has 0 saturated carbocycles. The van der Waals surface area contributed by atoms with Crippen LogP contribution >= 0.6 is 0 Å². The Morgan fingerprint density at radius 3 is 1.62 bits per heavy atom. The van der Waals surface area contributed by atoms with E-state index in [9.17, 15) is 0 Å². The first-order chi connectivity index (χ1) is 22.0. The first kappa shape index (κ1) is 26.2. The van der Waals surface area contributed by atoms with E-state index in [0.717, 1.165) is 6.42 Å². The van der Waals surface area contributed by atoms with Crippen LogP contribution in [0.4, 0.5) is 0 Å². The van der Waals surface area contributed by atoms with E-state index >= 15 is 0 Å². The molecular formula is C45H34. The Kier molecular flexibility index (Phi) is 5.62. The lowest BCUT2D eigenvalue weighted by Gasteiger charge is -2.25. The summed E-state index contributed by atoms with van der Waals surface area (Å²) >= 11 is 0. The second kappa shape index (κ2) is 9.65. The summed E-state index contributed by atoms with van der Waals surface area (Å²) in [6, 6.07) is 52.5. The van der Waals surface area contributed by atoms with Crippen LogP contribution in [0.1, 0.15) is 32.8 Å². The zero-order chi connectivity index (χ0) is 30.3. The SMILES string of the molecule is CCC(C)(C)c1cc2ccc3ccc(-c4c5ccccc5c(-c5ccc6ccccc6c5)c5ccccc45)c4ccc(c1)c2c34. The molecular weight excluding hydrogens is 540 g/mol. The maximum absolute atomic E-state index is 2.43. The van der Waals surface area contributed by atoms with Crippen LogP contribution in [0.2, 0.25) is 0 Å². The van der Waals surface area contributed by atoms with E-state index in [0.29, 0.717) is 0 Å². The monoisotopic (exact) mass is 574 g/mol. The van der Waals surface area contributed by atoms with Crippen LogP contribution in [-0.4, -0.2) is 0 Å². The summed E-state index contributed by atoms with van der Waals surface area (Å²) in [5, 5.41) is 15.7. The van der Waals surface area contributed by atoms with Crippen LogP contribution in [0, 0.1) is 0 Å². The molecule has 0 aromatic heterocycles. The Morgan fingerprint density at radius 2 is 0.956 bits per heavy atom. The van der Waals surface area contributed by atoms with Crippen LogP contribution in [0.25, 0.3) is 86.9 Å². The molecule has 214 valence electrons. The molecule has 0 radical (unpaired) electrons. The molecule has 9 rings (SSSR count). The summed E-state index contributed by atoms with van der Waals surface area (Å²) in [5.41, 5.74) is 6.73. The van der Waals surface area contributed by atoms with Gasteiger partial charge in [0.05, 0.1) is 0 Å². The van der Waals surface area contributed by atoms with E-state index in [-0.39, 0.29) is 5.41 Å². The van der Waals surface area contributed by atoms with Crippen molar-refractivity contribution in [3.8, 4) is 22.3 Å². The van der Waals surface area contributed by atoms with E-state index in [4.69, 9.17) is 0 Å². The third-order valence-electron chi connectivity index (χ3n) is 10.5. The van der Waals surface area contributed by atoms with Gasteiger partial charge in [-0.1, -0.05) is 154 Å². The van der Waals surface area contributed by atoms with Crippen LogP contribution in [-0.2, 0) is 5.41 Å². The minimum absolute atomic E-state index is 0.139. The molecule has 0 nitrogen and oxygen atoms in total. The summed E-state index contributed by atoms with van der Waals surface area (Å²) in [4.78, 5) is 0. The molecule has 0 heteroatoms. The third kappa shape index (κ3) is 3.85. The van der Waals surface area contributed by atoms with Crippen molar-refractivity contribution in [1.82, 2.24) is 0 Å². The van der Waals surface area contributed by atoms with E-state index < -0.39 is 0 Å². The van der Waals surface area contributed by atoms with Crippen molar-refractivity contribution in [2.24, 2.45) is 0 Å². The van der Waals surface area contributed by atoms with Crippen LogP contribution in [0.15, 0.2) is 140 Å². The van der Waals surface area contributed by atoms with Gasteiger partial charge in [-0.2, -0.15) is 0 Å². The Morgan fingerprint density at radius 1 is 0.422 bits per heavy atom. The van der Waals surface area contributed by atoms with Gasteiger partial charge in [0.1, 0.15) is 0 Å². The highest BCUT2D eigenvalue weighted by Gasteiger charge is 2.22. The Hall–Kier alpha value is -5.20. The number of hydrogen-bond donors (Lipinski definition) is 0. The van der Waals surface area contributed by atoms with Crippen molar-refractivity contribution in [2.45, 2.75) is 32.6 Å². The second-order valence-corrected chi connectivity index (χ2v) is 13.3. The van der Waals surface area contributed by atoms with E-state index in [1.165, 1.54) is 92.5 Å². The lowest BCUT2D eigenvalue weighted by atomic mass is 9.79. The van der Waals surface area contributed by atoms with Crippen molar-refractivity contribution < 1.29 is 0 Å². The first-order valence-corrected chi connectivity index (χ1v) is 16.2. The van der Waals surface area contributed by atoms with Gasteiger partial charge in [0, 0.05) is 0 Å².